The molecular weight excluding hydrogens is 549 g/mol. The molecule has 4 aromatic rings. The molecule has 0 heterocycles. The second kappa shape index (κ2) is 11.5. The van der Waals surface area contributed by atoms with Gasteiger partial charge in [0.25, 0.3) is 0 Å². The molecule has 4 aromatic carbocycles. The zero-order valence-corrected chi connectivity index (χ0v) is 21.3. The molecule has 0 aromatic heterocycles. The van der Waals surface area contributed by atoms with Gasteiger partial charge in [-0.15, -0.1) is 0 Å². The number of ether oxygens (including phenoxy) is 2. The molecule has 0 aliphatic rings. The number of nitrogens with one attached hydrogen (secondary N) is 1. The molecule has 190 valence electrons. The molecule has 0 aliphatic carbocycles. The van der Waals surface area contributed by atoms with Gasteiger partial charge >= 0.3 is 6.18 Å². The summed E-state index contributed by atoms with van der Waals surface area (Å²) in [6.45, 7) is 0.329. The van der Waals surface area contributed by atoms with Gasteiger partial charge in [-0.3, -0.25) is 4.79 Å². The third kappa shape index (κ3) is 6.68. The van der Waals surface area contributed by atoms with Gasteiger partial charge in [0.2, 0.25) is 5.91 Å². The maximum Gasteiger partial charge on any atom is 0.416 e. The summed E-state index contributed by atoms with van der Waals surface area (Å²) in [6.07, 6.45) is -3.30. The summed E-state index contributed by atoms with van der Waals surface area (Å²) in [5.41, 5.74) is 3.41. The van der Waals surface area contributed by atoms with Crippen molar-refractivity contribution < 1.29 is 27.4 Å². The Balaban J connectivity index is 1.41. The monoisotopic (exact) mass is 570 g/mol. The van der Waals surface area contributed by atoms with E-state index in [1.165, 1.54) is 25.5 Å². The van der Waals surface area contributed by atoms with Crippen LogP contribution in [-0.2, 0) is 24.0 Å². The molecule has 0 radical (unpaired) electrons. The third-order valence-electron chi connectivity index (χ3n) is 5.53. The number of benzene rings is 4. The molecule has 0 spiro atoms. The van der Waals surface area contributed by atoms with Crippen molar-refractivity contribution in [2.75, 3.05) is 7.11 Å². The Hall–Kier alpha value is -3.85. The lowest BCUT2D eigenvalue weighted by Crippen LogP contribution is -2.20. The molecule has 0 atom stereocenters. The van der Waals surface area contributed by atoms with Gasteiger partial charge in [-0.1, -0.05) is 60.7 Å². The number of methoxy groups -OCH3 is 1. The Morgan fingerprint density at radius 2 is 1.78 bits per heavy atom. The molecule has 1 amide bonds. The van der Waals surface area contributed by atoms with E-state index in [4.69, 9.17) is 9.47 Å². The summed E-state index contributed by atoms with van der Waals surface area (Å²) in [7, 11) is 1.52. The first-order chi connectivity index (χ1) is 17.7. The Labute approximate surface area is 220 Å². The number of carbonyl (C=O) groups is 1. The standard InChI is InChI=1S/C28H22BrF3N2O3/c1-36-25-14-19(16-33-34-26(35)15-18-6-4-10-22(12-18)28(30,31)32)13-24(29)27(25)37-17-21-9-5-8-20-7-2-3-11-23(20)21/h2-14,16H,15,17H2,1H3,(H,34,35)/b33-16+. The lowest BCUT2D eigenvalue weighted by atomic mass is 10.1. The first-order valence-electron chi connectivity index (χ1n) is 11.2. The largest absolute Gasteiger partial charge is 0.493 e. The lowest BCUT2D eigenvalue weighted by Gasteiger charge is -2.14. The second-order valence-corrected chi connectivity index (χ2v) is 8.98. The van der Waals surface area contributed by atoms with Crippen LogP contribution in [0.2, 0.25) is 0 Å². The summed E-state index contributed by atoms with van der Waals surface area (Å²) in [4.78, 5) is 12.2. The van der Waals surface area contributed by atoms with Crippen molar-refractivity contribution in [2.45, 2.75) is 19.2 Å². The van der Waals surface area contributed by atoms with Crippen LogP contribution in [0, 0.1) is 0 Å². The molecule has 37 heavy (non-hydrogen) atoms. The molecule has 1 N–H and O–H groups in total. The molecule has 0 bridgehead atoms. The Bertz CT molecular complexity index is 1450. The highest BCUT2D eigenvalue weighted by Gasteiger charge is 2.30. The van der Waals surface area contributed by atoms with E-state index in [1.807, 2.05) is 42.5 Å². The summed E-state index contributed by atoms with van der Waals surface area (Å²) >= 11 is 3.50. The first kappa shape index (κ1) is 26.2. The Kier molecular flexibility index (Phi) is 8.13. The normalized spacial score (nSPS) is 11.6. The van der Waals surface area contributed by atoms with Crippen LogP contribution in [0.25, 0.3) is 10.8 Å². The summed E-state index contributed by atoms with van der Waals surface area (Å²) < 4.78 is 50.8. The van der Waals surface area contributed by atoms with E-state index in [9.17, 15) is 18.0 Å². The molecule has 0 saturated carbocycles. The molecule has 0 aliphatic heterocycles. The molecule has 5 nitrogen and oxygen atoms in total. The van der Waals surface area contributed by atoms with Crippen LogP contribution in [0.1, 0.15) is 22.3 Å². The van der Waals surface area contributed by atoms with E-state index in [-0.39, 0.29) is 12.0 Å². The van der Waals surface area contributed by atoms with Crippen LogP contribution >= 0.6 is 15.9 Å². The zero-order chi connectivity index (χ0) is 26.4. The minimum atomic E-state index is -4.47. The van der Waals surface area contributed by atoms with Gasteiger partial charge in [0, 0.05) is 0 Å². The van der Waals surface area contributed by atoms with Crippen molar-refractivity contribution in [1.82, 2.24) is 5.43 Å². The second-order valence-electron chi connectivity index (χ2n) is 8.13. The van der Waals surface area contributed by atoms with E-state index in [0.29, 0.717) is 28.1 Å². The van der Waals surface area contributed by atoms with Gasteiger partial charge in [-0.05, 0) is 61.6 Å². The highest BCUT2D eigenvalue weighted by Crippen LogP contribution is 2.37. The van der Waals surface area contributed by atoms with Crippen LogP contribution in [0.4, 0.5) is 13.2 Å². The third-order valence-corrected chi connectivity index (χ3v) is 6.11. The molecule has 0 unspecified atom stereocenters. The van der Waals surface area contributed by atoms with E-state index >= 15 is 0 Å². The van der Waals surface area contributed by atoms with E-state index in [1.54, 1.807) is 12.1 Å². The lowest BCUT2D eigenvalue weighted by molar-refractivity contribution is -0.137. The van der Waals surface area contributed by atoms with Crippen LogP contribution in [-0.4, -0.2) is 19.2 Å². The van der Waals surface area contributed by atoms with Gasteiger partial charge in [0.15, 0.2) is 11.5 Å². The zero-order valence-electron chi connectivity index (χ0n) is 19.7. The number of hydrazone groups is 1. The summed E-state index contributed by atoms with van der Waals surface area (Å²) in [6, 6.07) is 22.2. The van der Waals surface area contributed by atoms with E-state index in [2.05, 4.69) is 26.5 Å². The average Bonchev–Trinajstić information content (AvgIpc) is 2.87. The Morgan fingerprint density at radius 3 is 2.57 bits per heavy atom. The topological polar surface area (TPSA) is 59.9 Å². The number of hydrogen-bond acceptors (Lipinski definition) is 4. The highest BCUT2D eigenvalue weighted by atomic mass is 79.9. The Morgan fingerprint density at radius 1 is 1.03 bits per heavy atom. The van der Waals surface area contributed by atoms with Gasteiger partial charge < -0.3 is 9.47 Å². The first-order valence-corrected chi connectivity index (χ1v) is 12.0. The van der Waals surface area contributed by atoms with Gasteiger partial charge in [0.05, 0.1) is 29.8 Å². The molecule has 4 rings (SSSR count). The maximum absolute atomic E-state index is 12.9. The minimum Gasteiger partial charge on any atom is -0.493 e. The van der Waals surface area contributed by atoms with Gasteiger partial charge in [-0.2, -0.15) is 18.3 Å². The van der Waals surface area contributed by atoms with Crippen molar-refractivity contribution in [3.05, 3.63) is 106 Å². The predicted octanol–water partition coefficient (Wildman–Crippen LogP) is 6.90. The van der Waals surface area contributed by atoms with Crippen molar-refractivity contribution in [1.29, 1.82) is 0 Å². The van der Waals surface area contributed by atoms with Crippen molar-refractivity contribution in [3.63, 3.8) is 0 Å². The summed E-state index contributed by atoms with van der Waals surface area (Å²) in [5, 5.41) is 6.14. The van der Waals surface area contributed by atoms with E-state index in [0.717, 1.165) is 28.5 Å². The fourth-order valence-corrected chi connectivity index (χ4v) is 4.36. The smallest absolute Gasteiger partial charge is 0.416 e. The fourth-order valence-electron chi connectivity index (χ4n) is 3.78. The van der Waals surface area contributed by atoms with Crippen molar-refractivity contribution >= 4 is 38.8 Å². The van der Waals surface area contributed by atoms with Crippen LogP contribution < -0.4 is 14.9 Å². The minimum absolute atomic E-state index is 0.236. The van der Waals surface area contributed by atoms with E-state index < -0.39 is 17.6 Å². The maximum atomic E-state index is 12.9. The number of alkyl halides is 3. The number of carbonyl (C=O) groups excluding carboxylic acids is 1. The number of hydrogen-bond donors (Lipinski definition) is 1. The summed E-state index contributed by atoms with van der Waals surface area (Å²) in [5.74, 6) is 0.434. The van der Waals surface area contributed by atoms with Crippen LogP contribution in [0.5, 0.6) is 11.5 Å². The number of amides is 1. The van der Waals surface area contributed by atoms with Gasteiger partial charge in [0.1, 0.15) is 6.61 Å². The predicted molar refractivity (Wildman–Crippen MR) is 140 cm³/mol. The van der Waals surface area contributed by atoms with Crippen molar-refractivity contribution in [3.8, 4) is 11.5 Å². The molecule has 0 saturated heterocycles. The van der Waals surface area contributed by atoms with Crippen LogP contribution in [0.3, 0.4) is 0 Å². The number of fused-ring (bicyclic) bond motifs is 1. The average molecular weight is 571 g/mol. The quantitative estimate of drug-likeness (QED) is 0.185. The number of rotatable bonds is 8. The van der Waals surface area contributed by atoms with Crippen LogP contribution in [0.15, 0.2) is 88.4 Å². The van der Waals surface area contributed by atoms with Gasteiger partial charge in [-0.25, -0.2) is 5.43 Å². The molecule has 0 fully saturated rings. The molecule has 9 heteroatoms. The fraction of sp³-hybridized carbons (Fsp3) is 0.143. The number of nitrogens with zero attached hydrogens (tertiary/aromatic N) is 1. The van der Waals surface area contributed by atoms with Crippen molar-refractivity contribution in [2.24, 2.45) is 5.10 Å². The SMILES string of the molecule is COc1cc(/C=N/NC(=O)Cc2cccc(C(F)(F)F)c2)cc(Br)c1OCc1cccc2ccccc12. The molecular formula is C28H22BrF3N2O3. The highest BCUT2D eigenvalue weighted by molar-refractivity contribution is 9.10. The number of halogens is 4.